The molecule has 1 rings (SSSR count). The number of carbonyl (C=O) groups is 1. The first kappa shape index (κ1) is 16.4. The summed E-state index contributed by atoms with van der Waals surface area (Å²) in [6.07, 6.45) is 1.35. The van der Waals surface area contributed by atoms with Gasteiger partial charge in [-0.1, -0.05) is 13.3 Å². The highest BCUT2D eigenvalue weighted by atomic mass is 32.2. The van der Waals surface area contributed by atoms with Crippen LogP contribution in [-0.2, 0) is 14.8 Å². The number of sulfonamides is 1. The van der Waals surface area contributed by atoms with Crippen LogP contribution in [0.25, 0.3) is 0 Å². The van der Waals surface area contributed by atoms with Gasteiger partial charge in [-0.15, -0.1) is 0 Å². The average molecular weight is 303 g/mol. The van der Waals surface area contributed by atoms with E-state index in [-0.39, 0.29) is 17.1 Å². The number of primary amides is 1. The molecule has 0 aliphatic heterocycles. The molecule has 0 fully saturated rings. The number of nitrogen functional groups attached to an aromatic ring is 1. The van der Waals surface area contributed by atoms with Crippen LogP contribution in [0.2, 0.25) is 0 Å². The number of nitrogens with zero attached hydrogens (tertiary/aromatic N) is 1. The molecule has 0 saturated heterocycles. The van der Waals surface area contributed by atoms with Crippen LogP contribution in [0.1, 0.15) is 19.8 Å². The second-order valence-corrected chi connectivity index (χ2v) is 6.28. The van der Waals surface area contributed by atoms with E-state index in [0.29, 0.717) is 6.42 Å². The van der Waals surface area contributed by atoms with E-state index in [0.717, 1.165) is 28.9 Å². The van der Waals surface area contributed by atoms with Crippen LogP contribution in [0.3, 0.4) is 0 Å². The summed E-state index contributed by atoms with van der Waals surface area (Å²) in [5.74, 6) is -1.45. The van der Waals surface area contributed by atoms with Crippen LogP contribution in [-0.4, -0.2) is 31.7 Å². The van der Waals surface area contributed by atoms with Gasteiger partial charge in [-0.3, -0.25) is 4.79 Å². The maximum Gasteiger partial charge on any atom is 0.243 e. The lowest BCUT2D eigenvalue weighted by Crippen LogP contribution is -2.39. The first-order chi connectivity index (χ1) is 9.28. The van der Waals surface area contributed by atoms with Crippen LogP contribution >= 0.6 is 0 Å². The maximum absolute atomic E-state index is 13.1. The van der Waals surface area contributed by atoms with Crippen molar-refractivity contribution >= 4 is 21.6 Å². The number of halogens is 1. The van der Waals surface area contributed by atoms with Crippen LogP contribution in [0.5, 0.6) is 0 Å². The number of rotatable bonds is 7. The topological polar surface area (TPSA) is 106 Å². The molecular formula is C12H18FN3O3S. The van der Waals surface area contributed by atoms with Crippen molar-refractivity contribution in [1.82, 2.24) is 4.31 Å². The lowest BCUT2D eigenvalue weighted by Gasteiger charge is -2.20. The molecule has 4 N–H and O–H groups in total. The Morgan fingerprint density at radius 1 is 1.40 bits per heavy atom. The Morgan fingerprint density at radius 3 is 2.55 bits per heavy atom. The summed E-state index contributed by atoms with van der Waals surface area (Å²) in [6.45, 7) is 1.64. The van der Waals surface area contributed by atoms with Gasteiger partial charge in [0.25, 0.3) is 0 Å². The summed E-state index contributed by atoms with van der Waals surface area (Å²) in [7, 11) is -3.92. The Hall–Kier alpha value is -1.67. The van der Waals surface area contributed by atoms with E-state index in [1.54, 1.807) is 0 Å². The number of anilines is 1. The quantitative estimate of drug-likeness (QED) is 0.722. The van der Waals surface area contributed by atoms with Crippen molar-refractivity contribution in [2.45, 2.75) is 24.7 Å². The van der Waals surface area contributed by atoms with Gasteiger partial charge in [-0.25, -0.2) is 12.8 Å². The van der Waals surface area contributed by atoms with Crippen LogP contribution in [0.4, 0.5) is 10.1 Å². The van der Waals surface area contributed by atoms with Gasteiger partial charge in [0.05, 0.1) is 17.1 Å². The fraction of sp³-hybridized carbons (Fsp3) is 0.417. The highest BCUT2D eigenvalue weighted by Gasteiger charge is 2.26. The SMILES string of the molecule is CCCCN(CC(N)=O)S(=O)(=O)c1ccc(F)c(N)c1. The van der Waals surface area contributed by atoms with Crippen molar-refractivity contribution < 1.29 is 17.6 Å². The molecule has 1 aromatic rings. The molecule has 0 saturated carbocycles. The standard InChI is InChI=1S/C12H18FN3O3S/c1-2-3-6-16(8-12(15)17)20(18,19)9-4-5-10(13)11(14)7-9/h4-5,7H,2-3,6,8,14H2,1H3,(H2,15,17). The third-order valence-electron chi connectivity index (χ3n) is 2.70. The maximum atomic E-state index is 13.1. The highest BCUT2D eigenvalue weighted by molar-refractivity contribution is 7.89. The number of unbranched alkanes of at least 4 members (excludes halogenated alkanes) is 1. The van der Waals surface area contributed by atoms with Gasteiger partial charge < -0.3 is 11.5 Å². The van der Waals surface area contributed by atoms with Crippen LogP contribution < -0.4 is 11.5 Å². The molecule has 0 spiro atoms. The van der Waals surface area contributed by atoms with E-state index in [1.165, 1.54) is 0 Å². The minimum atomic E-state index is -3.92. The van der Waals surface area contributed by atoms with Gasteiger partial charge in [-0.2, -0.15) is 4.31 Å². The first-order valence-electron chi connectivity index (χ1n) is 6.12. The summed E-state index contributed by atoms with van der Waals surface area (Å²) >= 11 is 0. The van der Waals surface area contributed by atoms with Crippen molar-refractivity contribution in [2.75, 3.05) is 18.8 Å². The molecule has 1 amide bonds. The molecule has 20 heavy (non-hydrogen) atoms. The third-order valence-corrected chi connectivity index (χ3v) is 4.54. The van der Waals surface area contributed by atoms with Crippen LogP contribution in [0, 0.1) is 5.82 Å². The molecule has 112 valence electrons. The fourth-order valence-electron chi connectivity index (χ4n) is 1.62. The number of amides is 1. The van der Waals surface area contributed by atoms with Crippen molar-refractivity contribution in [1.29, 1.82) is 0 Å². The Bertz CT molecular complexity index is 590. The molecule has 0 aliphatic carbocycles. The van der Waals surface area contributed by atoms with Crippen molar-refractivity contribution in [3.63, 3.8) is 0 Å². The Balaban J connectivity index is 3.13. The second kappa shape index (κ2) is 6.67. The smallest absolute Gasteiger partial charge is 0.243 e. The van der Waals surface area contributed by atoms with Gasteiger partial charge in [0.15, 0.2) is 0 Å². The predicted octanol–water partition coefficient (Wildman–Crippen LogP) is 0.684. The number of carbonyl (C=O) groups excluding carboxylic acids is 1. The monoisotopic (exact) mass is 303 g/mol. The van der Waals surface area contributed by atoms with Gasteiger partial charge in [0.2, 0.25) is 15.9 Å². The molecule has 0 unspecified atom stereocenters. The Kier molecular flexibility index (Phi) is 5.46. The normalized spacial score (nSPS) is 11.8. The molecule has 0 radical (unpaired) electrons. The molecule has 0 aliphatic rings. The van der Waals surface area contributed by atoms with Gasteiger partial charge in [-0.05, 0) is 24.6 Å². The van der Waals surface area contributed by atoms with Gasteiger partial charge in [0.1, 0.15) is 5.82 Å². The molecule has 0 aromatic heterocycles. The molecule has 8 heteroatoms. The summed E-state index contributed by atoms with van der Waals surface area (Å²) in [5.41, 5.74) is 10.2. The number of hydrogen-bond acceptors (Lipinski definition) is 4. The lowest BCUT2D eigenvalue weighted by atomic mass is 10.3. The highest BCUT2D eigenvalue weighted by Crippen LogP contribution is 2.20. The minimum Gasteiger partial charge on any atom is -0.396 e. The number of nitrogens with two attached hydrogens (primary N) is 2. The largest absolute Gasteiger partial charge is 0.396 e. The van der Waals surface area contributed by atoms with Crippen LogP contribution in [0.15, 0.2) is 23.1 Å². The zero-order chi connectivity index (χ0) is 15.3. The zero-order valence-electron chi connectivity index (χ0n) is 11.2. The van der Waals surface area contributed by atoms with E-state index in [4.69, 9.17) is 11.5 Å². The predicted molar refractivity (Wildman–Crippen MR) is 73.7 cm³/mol. The summed E-state index contributed by atoms with van der Waals surface area (Å²) in [5, 5.41) is 0. The van der Waals surface area contributed by atoms with Gasteiger partial charge >= 0.3 is 0 Å². The van der Waals surface area contributed by atoms with Crippen molar-refractivity contribution in [3.05, 3.63) is 24.0 Å². The fourth-order valence-corrected chi connectivity index (χ4v) is 3.10. The number of benzene rings is 1. The molecule has 6 nitrogen and oxygen atoms in total. The van der Waals surface area contributed by atoms with E-state index in [9.17, 15) is 17.6 Å². The summed E-state index contributed by atoms with van der Waals surface area (Å²) < 4.78 is 38.8. The molecular weight excluding hydrogens is 285 g/mol. The lowest BCUT2D eigenvalue weighted by molar-refractivity contribution is -0.118. The van der Waals surface area contributed by atoms with E-state index < -0.39 is 28.3 Å². The second-order valence-electron chi connectivity index (χ2n) is 4.34. The minimum absolute atomic E-state index is 0.159. The van der Waals surface area contributed by atoms with Gasteiger partial charge in [0, 0.05) is 6.54 Å². The third kappa shape index (κ3) is 3.91. The Morgan fingerprint density at radius 2 is 2.05 bits per heavy atom. The van der Waals surface area contributed by atoms with Crippen molar-refractivity contribution in [3.8, 4) is 0 Å². The molecule has 0 atom stereocenters. The van der Waals surface area contributed by atoms with E-state index in [1.807, 2.05) is 6.92 Å². The molecule has 0 heterocycles. The van der Waals surface area contributed by atoms with E-state index in [2.05, 4.69) is 0 Å². The molecule has 1 aromatic carbocycles. The number of hydrogen-bond donors (Lipinski definition) is 2. The summed E-state index contributed by atoms with van der Waals surface area (Å²) in [4.78, 5) is 10.8. The first-order valence-corrected chi connectivity index (χ1v) is 7.56. The van der Waals surface area contributed by atoms with E-state index >= 15 is 0 Å². The molecule has 0 bridgehead atoms. The summed E-state index contributed by atoms with van der Waals surface area (Å²) in [6, 6.07) is 3.12. The van der Waals surface area contributed by atoms with Crippen molar-refractivity contribution in [2.24, 2.45) is 5.73 Å². The zero-order valence-corrected chi connectivity index (χ0v) is 12.0. The average Bonchev–Trinajstić information content (AvgIpc) is 2.37. The Labute approximate surface area is 117 Å².